The zero-order valence-electron chi connectivity index (χ0n) is 12.9. The highest BCUT2D eigenvalue weighted by Crippen LogP contribution is 2.19. The summed E-state index contributed by atoms with van der Waals surface area (Å²) in [6, 6.07) is 1.97. The molecule has 132 valence electrons. The Hall–Kier alpha value is -2.11. The van der Waals surface area contributed by atoms with Crippen molar-refractivity contribution in [1.82, 2.24) is 21.2 Å². The number of pyridine rings is 1. The van der Waals surface area contributed by atoms with E-state index in [2.05, 4.69) is 21.2 Å². The molecule has 5 atom stereocenters. The molecule has 10 nitrogen and oxygen atoms in total. The van der Waals surface area contributed by atoms with Gasteiger partial charge < -0.3 is 25.4 Å². The molecule has 1 aliphatic heterocycles. The zero-order valence-corrected chi connectivity index (χ0v) is 12.9. The fraction of sp³-hybridized carbons (Fsp3) is 0.500. The molecular weight excluding hydrogens is 320 g/mol. The SMILES string of the molecule is CC(=O)N[C@@H]1C(NNC(=O)c2ccncc2)O[C@@H](CO)[C@@H](O)[C@@H]1O. The monoisotopic (exact) mass is 340 g/mol. The number of rotatable bonds is 5. The first kappa shape index (κ1) is 18.2. The third-order valence-corrected chi connectivity index (χ3v) is 3.57. The predicted octanol–water partition coefficient (Wildman–Crippen LogP) is -2.74. The predicted molar refractivity (Wildman–Crippen MR) is 80.2 cm³/mol. The fourth-order valence-corrected chi connectivity index (χ4v) is 2.35. The van der Waals surface area contributed by atoms with Crippen molar-refractivity contribution in [3.8, 4) is 0 Å². The van der Waals surface area contributed by atoms with Crippen LogP contribution in [0.15, 0.2) is 24.5 Å². The molecule has 0 saturated carbocycles. The molecule has 24 heavy (non-hydrogen) atoms. The van der Waals surface area contributed by atoms with Crippen LogP contribution in [-0.4, -0.2) is 69.3 Å². The number of aliphatic hydroxyl groups is 3. The maximum atomic E-state index is 12.0. The number of hydrogen-bond donors (Lipinski definition) is 6. The molecule has 1 unspecified atom stereocenters. The lowest BCUT2D eigenvalue weighted by Gasteiger charge is -2.42. The van der Waals surface area contributed by atoms with Crippen LogP contribution >= 0.6 is 0 Å². The highest BCUT2D eigenvalue weighted by atomic mass is 16.5. The van der Waals surface area contributed by atoms with Gasteiger partial charge in [0.05, 0.1) is 12.6 Å². The van der Waals surface area contributed by atoms with Gasteiger partial charge in [0.15, 0.2) is 0 Å². The third kappa shape index (κ3) is 4.24. The second-order valence-corrected chi connectivity index (χ2v) is 5.32. The maximum absolute atomic E-state index is 12.0. The van der Waals surface area contributed by atoms with Crippen molar-refractivity contribution in [1.29, 1.82) is 0 Å². The minimum absolute atomic E-state index is 0.337. The number of aromatic nitrogens is 1. The lowest BCUT2D eigenvalue weighted by molar-refractivity contribution is -0.204. The van der Waals surface area contributed by atoms with Crippen molar-refractivity contribution in [2.24, 2.45) is 0 Å². The number of ether oxygens (including phenoxy) is 1. The molecule has 0 aromatic carbocycles. The molecule has 1 aliphatic rings. The summed E-state index contributed by atoms with van der Waals surface area (Å²) in [5, 5.41) is 31.7. The van der Waals surface area contributed by atoms with E-state index in [0.717, 1.165) is 0 Å². The number of hydrazine groups is 1. The lowest BCUT2D eigenvalue weighted by atomic mass is 9.96. The third-order valence-electron chi connectivity index (χ3n) is 3.57. The fourth-order valence-electron chi connectivity index (χ4n) is 2.35. The summed E-state index contributed by atoms with van der Waals surface area (Å²) in [6.07, 6.45) is -2.01. The van der Waals surface area contributed by atoms with Crippen molar-refractivity contribution >= 4 is 11.8 Å². The van der Waals surface area contributed by atoms with Crippen LogP contribution in [0.4, 0.5) is 0 Å². The van der Waals surface area contributed by atoms with E-state index in [9.17, 15) is 24.9 Å². The highest BCUT2D eigenvalue weighted by Gasteiger charge is 2.44. The minimum atomic E-state index is -1.39. The van der Waals surface area contributed by atoms with Crippen LogP contribution in [0.1, 0.15) is 17.3 Å². The van der Waals surface area contributed by atoms with Crippen LogP contribution in [0.25, 0.3) is 0 Å². The van der Waals surface area contributed by atoms with Gasteiger partial charge >= 0.3 is 0 Å². The molecule has 2 amide bonds. The quantitative estimate of drug-likeness (QED) is 0.316. The molecule has 1 aromatic rings. The van der Waals surface area contributed by atoms with Crippen LogP contribution in [0, 0.1) is 0 Å². The van der Waals surface area contributed by atoms with Crippen LogP contribution in [0.3, 0.4) is 0 Å². The second-order valence-electron chi connectivity index (χ2n) is 5.32. The van der Waals surface area contributed by atoms with E-state index in [1.165, 1.54) is 31.5 Å². The smallest absolute Gasteiger partial charge is 0.265 e. The van der Waals surface area contributed by atoms with Gasteiger partial charge in [-0.3, -0.25) is 20.0 Å². The topological polar surface area (TPSA) is 153 Å². The standard InChI is InChI=1S/C14H20N4O6/c1-7(20)16-10-12(22)11(21)9(6-19)24-14(10)18-17-13(23)8-2-4-15-5-3-8/h2-5,9-12,14,18-19,21-22H,6H2,1H3,(H,16,20)(H,17,23)/t9-,10-,11+,12+,14?/m0/s1. The number of nitrogens with one attached hydrogen (secondary N) is 3. The molecule has 0 spiro atoms. The zero-order chi connectivity index (χ0) is 17.7. The molecule has 2 heterocycles. The molecule has 1 fully saturated rings. The molecule has 10 heteroatoms. The van der Waals surface area contributed by atoms with Gasteiger partial charge in [-0.1, -0.05) is 0 Å². The Bertz CT molecular complexity index is 572. The van der Waals surface area contributed by atoms with Crippen LogP contribution < -0.4 is 16.2 Å². The summed E-state index contributed by atoms with van der Waals surface area (Å²) >= 11 is 0. The maximum Gasteiger partial charge on any atom is 0.265 e. The Morgan fingerprint density at radius 2 is 1.92 bits per heavy atom. The number of carbonyl (C=O) groups excluding carboxylic acids is 2. The van der Waals surface area contributed by atoms with Gasteiger partial charge in [0.1, 0.15) is 24.5 Å². The van der Waals surface area contributed by atoms with Gasteiger partial charge in [0, 0.05) is 24.9 Å². The number of amides is 2. The number of nitrogens with zero attached hydrogens (tertiary/aromatic N) is 1. The summed E-state index contributed by atoms with van der Waals surface area (Å²) in [5.74, 6) is -0.937. The minimum Gasteiger partial charge on any atom is -0.394 e. The van der Waals surface area contributed by atoms with E-state index in [1.54, 1.807) is 0 Å². The molecule has 1 saturated heterocycles. The highest BCUT2D eigenvalue weighted by molar-refractivity contribution is 5.93. The normalized spacial score (nSPS) is 29.8. The average molecular weight is 340 g/mol. The number of aliphatic hydroxyl groups excluding tert-OH is 3. The Morgan fingerprint density at radius 1 is 1.25 bits per heavy atom. The molecule has 0 radical (unpaired) electrons. The summed E-state index contributed by atoms with van der Waals surface area (Å²) in [4.78, 5) is 27.1. The van der Waals surface area contributed by atoms with Crippen molar-refractivity contribution in [3.63, 3.8) is 0 Å². The first-order valence-corrected chi connectivity index (χ1v) is 7.29. The van der Waals surface area contributed by atoms with Crippen LogP contribution in [0.2, 0.25) is 0 Å². The average Bonchev–Trinajstić information content (AvgIpc) is 2.58. The number of hydrogen-bond acceptors (Lipinski definition) is 8. The van der Waals surface area contributed by atoms with Crippen molar-refractivity contribution in [3.05, 3.63) is 30.1 Å². The summed E-state index contributed by atoms with van der Waals surface area (Å²) in [7, 11) is 0. The van der Waals surface area contributed by atoms with E-state index in [0.29, 0.717) is 5.56 Å². The van der Waals surface area contributed by atoms with Gasteiger partial charge in [0.25, 0.3) is 5.91 Å². The van der Waals surface area contributed by atoms with E-state index in [-0.39, 0.29) is 0 Å². The van der Waals surface area contributed by atoms with Crippen molar-refractivity contribution < 1.29 is 29.6 Å². The van der Waals surface area contributed by atoms with Gasteiger partial charge in [-0.25, -0.2) is 5.43 Å². The van der Waals surface area contributed by atoms with E-state index in [4.69, 9.17) is 4.74 Å². The van der Waals surface area contributed by atoms with Crippen LogP contribution in [0.5, 0.6) is 0 Å². The van der Waals surface area contributed by atoms with E-state index >= 15 is 0 Å². The molecule has 6 N–H and O–H groups in total. The summed E-state index contributed by atoms with van der Waals surface area (Å²) < 4.78 is 5.41. The van der Waals surface area contributed by atoms with Gasteiger partial charge in [0.2, 0.25) is 5.91 Å². The Labute approximate surface area is 137 Å². The van der Waals surface area contributed by atoms with Crippen LogP contribution in [-0.2, 0) is 9.53 Å². The Kier molecular flexibility index (Phi) is 6.17. The summed E-state index contributed by atoms with van der Waals surface area (Å²) in [6.45, 7) is 0.700. The molecule has 0 bridgehead atoms. The van der Waals surface area contributed by atoms with Gasteiger partial charge in [-0.2, -0.15) is 0 Å². The molecular formula is C14H20N4O6. The largest absolute Gasteiger partial charge is 0.394 e. The first-order chi connectivity index (χ1) is 11.4. The molecule has 1 aromatic heterocycles. The van der Waals surface area contributed by atoms with Gasteiger partial charge in [-0.05, 0) is 12.1 Å². The van der Waals surface area contributed by atoms with Crippen molar-refractivity contribution in [2.75, 3.05) is 6.61 Å². The number of carbonyl (C=O) groups is 2. The van der Waals surface area contributed by atoms with Gasteiger partial charge in [-0.15, -0.1) is 0 Å². The molecule has 2 rings (SSSR count). The Balaban J connectivity index is 2.06. The Morgan fingerprint density at radius 3 is 2.50 bits per heavy atom. The lowest BCUT2D eigenvalue weighted by Crippen LogP contribution is -2.69. The first-order valence-electron chi connectivity index (χ1n) is 7.29. The van der Waals surface area contributed by atoms with Crippen molar-refractivity contribution in [2.45, 2.75) is 37.5 Å². The molecule has 0 aliphatic carbocycles. The summed E-state index contributed by atoms with van der Waals surface area (Å²) in [5.41, 5.74) is 5.27. The second kappa shape index (κ2) is 8.13. The van der Waals surface area contributed by atoms with E-state index < -0.39 is 49.0 Å². The van der Waals surface area contributed by atoms with E-state index in [1.807, 2.05) is 0 Å².